The summed E-state index contributed by atoms with van der Waals surface area (Å²) in [4.78, 5) is 17.4. The third kappa shape index (κ3) is 4.57. The van der Waals surface area contributed by atoms with Gasteiger partial charge in [0, 0.05) is 4.90 Å². The Morgan fingerprint density at radius 1 is 1.24 bits per heavy atom. The zero-order valence-corrected chi connectivity index (χ0v) is 15.7. The molecule has 1 amide bonds. The van der Waals surface area contributed by atoms with E-state index in [-0.39, 0.29) is 16.6 Å². The van der Waals surface area contributed by atoms with Gasteiger partial charge in [-0.1, -0.05) is 29.0 Å². The fourth-order valence-electron chi connectivity index (χ4n) is 2.07. The van der Waals surface area contributed by atoms with E-state index in [1.54, 1.807) is 6.07 Å². The summed E-state index contributed by atoms with van der Waals surface area (Å²) in [6.45, 7) is 2.01. The van der Waals surface area contributed by atoms with E-state index in [4.69, 9.17) is 5.14 Å². The number of thiazole rings is 1. The van der Waals surface area contributed by atoms with E-state index in [2.05, 4.69) is 10.3 Å². The van der Waals surface area contributed by atoms with E-state index < -0.39 is 10.0 Å². The van der Waals surface area contributed by atoms with Crippen molar-refractivity contribution in [3.63, 3.8) is 0 Å². The molecule has 6 nitrogen and oxygen atoms in total. The second-order valence-corrected chi connectivity index (χ2v) is 8.98. The highest BCUT2D eigenvalue weighted by Crippen LogP contribution is 2.28. The van der Waals surface area contributed by atoms with Gasteiger partial charge in [0.1, 0.15) is 0 Å². The summed E-state index contributed by atoms with van der Waals surface area (Å²) in [5.41, 5.74) is 1.78. The maximum absolute atomic E-state index is 12.1. The molecule has 130 valence electrons. The molecule has 25 heavy (non-hydrogen) atoms. The smallest absolute Gasteiger partial charge is 0.238 e. The number of carbonyl (C=O) groups is 1. The van der Waals surface area contributed by atoms with Crippen molar-refractivity contribution in [1.29, 1.82) is 0 Å². The predicted octanol–water partition coefficient (Wildman–Crippen LogP) is 2.98. The molecule has 0 aliphatic carbocycles. The number of sulfonamides is 1. The first-order valence-corrected chi connectivity index (χ1v) is 10.6. The number of aryl methyl sites for hydroxylation is 1. The van der Waals surface area contributed by atoms with Crippen molar-refractivity contribution in [3.8, 4) is 0 Å². The lowest BCUT2D eigenvalue weighted by Gasteiger charge is -2.02. The van der Waals surface area contributed by atoms with Crippen molar-refractivity contribution in [3.05, 3.63) is 48.0 Å². The Balaban J connectivity index is 1.67. The average molecular weight is 394 g/mol. The topological polar surface area (TPSA) is 102 Å². The molecule has 1 aromatic heterocycles. The second-order valence-electron chi connectivity index (χ2n) is 5.34. The molecule has 0 atom stereocenters. The Bertz CT molecular complexity index is 1030. The van der Waals surface area contributed by atoms with Crippen molar-refractivity contribution in [2.75, 3.05) is 11.1 Å². The van der Waals surface area contributed by atoms with E-state index in [9.17, 15) is 13.2 Å². The molecule has 9 heteroatoms. The number of thioether (sulfide) groups is 1. The van der Waals surface area contributed by atoms with Gasteiger partial charge < -0.3 is 5.32 Å². The number of carbonyl (C=O) groups excluding carboxylic acids is 1. The normalized spacial score (nSPS) is 11.6. The van der Waals surface area contributed by atoms with Crippen LogP contribution in [-0.4, -0.2) is 25.1 Å². The van der Waals surface area contributed by atoms with Crippen LogP contribution in [0.4, 0.5) is 5.13 Å². The van der Waals surface area contributed by atoms with Crippen molar-refractivity contribution in [1.82, 2.24) is 4.98 Å². The Morgan fingerprint density at radius 3 is 2.64 bits per heavy atom. The summed E-state index contributed by atoms with van der Waals surface area (Å²) in [7, 11) is -3.76. The SMILES string of the molecule is Cc1ccc(SCC(=O)Nc2nc3ccc(S(N)(=O)=O)cc3s2)cc1. The first kappa shape index (κ1) is 17.9. The van der Waals surface area contributed by atoms with Crippen LogP contribution in [-0.2, 0) is 14.8 Å². The zero-order chi connectivity index (χ0) is 18.0. The van der Waals surface area contributed by atoms with E-state index in [1.807, 2.05) is 31.2 Å². The number of hydrogen-bond acceptors (Lipinski definition) is 6. The van der Waals surface area contributed by atoms with Gasteiger partial charge in [-0.05, 0) is 37.3 Å². The number of nitrogens with zero attached hydrogens (tertiary/aromatic N) is 1. The molecule has 0 spiro atoms. The molecule has 1 heterocycles. The van der Waals surface area contributed by atoms with Crippen molar-refractivity contribution < 1.29 is 13.2 Å². The minimum absolute atomic E-state index is 0.0245. The molecular weight excluding hydrogens is 378 g/mol. The Kier molecular flexibility index (Phi) is 5.09. The minimum atomic E-state index is -3.76. The maximum atomic E-state index is 12.1. The highest BCUT2D eigenvalue weighted by Gasteiger charge is 2.12. The molecule has 3 rings (SSSR count). The van der Waals surface area contributed by atoms with E-state index in [1.165, 1.54) is 40.8 Å². The molecule has 0 saturated carbocycles. The van der Waals surface area contributed by atoms with Crippen LogP contribution >= 0.6 is 23.1 Å². The summed E-state index contributed by atoms with van der Waals surface area (Å²) < 4.78 is 23.4. The summed E-state index contributed by atoms with van der Waals surface area (Å²) in [6.07, 6.45) is 0. The van der Waals surface area contributed by atoms with Gasteiger partial charge in [0.2, 0.25) is 15.9 Å². The third-order valence-electron chi connectivity index (χ3n) is 3.33. The number of fused-ring (bicyclic) bond motifs is 1. The molecule has 2 aromatic carbocycles. The number of benzene rings is 2. The monoisotopic (exact) mass is 393 g/mol. The van der Waals surface area contributed by atoms with Crippen LogP contribution in [0.5, 0.6) is 0 Å². The molecule has 0 aliphatic heterocycles. The van der Waals surface area contributed by atoms with Gasteiger partial charge in [-0.2, -0.15) is 0 Å². The van der Waals surface area contributed by atoms with Crippen LogP contribution in [0.15, 0.2) is 52.3 Å². The molecule has 0 aliphatic rings. The lowest BCUT2D eigenvalue weighted by molar-refractivity contribution is -0.113. The molecule has 3 aromatic rings. The number of primary sulfonamides is 1. The van der Waals surface area contributed by atoms with Crippen LogP contribution < -0.4 is 10.5 Å². The van der Waals surface area contributed by atoms with Crippen LogP contribution in [0.2, 0.25) is 0 Å². The van der Waals surface area contributed by atoms with Gasteiger partial charge in [0.25, 0.3) is 0 Å². The maximum Gasteiger partial charge on any atom is 0.238 e. The number of nitrogens with two attached hydrogens (primary N) is 1. The van der Waals surface area contributed by atoms with E-state index in [0.717, 1.165) is 4.90 Å². The lowest BCUT2D eigenvalue weighted by Crippen LogP contribution is -2.13. The highest BCUT2D eigenvalue weighted by molar-refractivity contribution is 8.00. The van der Waals surface area contributed by atoms with Gasteiger partial charge in [0.15, 0.2) is 5.13 Å². The molecule has 0 unspecified atom stereocenters. The Morgan fingerprint density at radius 2 is 1.96 bits per heavy atom. The van der Waals surface area contributed by atoms with Gasteiger partial charge in [-0.3, -0.25) is 4.79 Å². The first-order valence-electron chi connectivity index (χ1n) is 7.24. The van der Waals surface area contributed by atoms with Crippen molar-refractivity contribution in [2.24, 2.45) is 5.14 Å². The molecule has 0 radical (unpaired) electrons. The summed E-state index contributed by atoms with van der Waals surface area (Å²) in [5.74, 6) is 0.0952. The fourth-order valence-corrected chi connectivity index (χ4v) is 4.31. The van der Waals surface area contributed by atoms with Gasteiger partial charge in [-0.25, -0.2) is 18.5 Å². The molecule has 0 fully saturated rings. The van der Waals surface area contributed by atoms with E-state index >= 15 is 0 Å². The predicted molar refractivity (Wildman–Crippen MR) is 102 cm³/mol. The minimum Gasteiger partial charge on any atom is -0.301 e. The summed E-state index contributed by atoms with van der Waals surface area (Å²) in [5, 5.41) is 8.29. The van der Waals surface area contributed by atoms with Crippen LogP contribution in [0.1, 0.15) is 5.56 Å². The van der Waals surface area contributed by atoms with Crippen LogP contribution in [0.25, 0.3) is 10.2 Å². The van der Waals surface area contributed by atoms with Gasteiger partial charge in [-0.15, -0.1) is 11.8 Å². The standard InChI is InChI=1S/C16H15N3O3S3/c1-10-2-4-11(5-3-10)23-9-15(20)19-16-18-13-7-6-12(25(17,21)22)8-14(13)24-16/h2-8H,9H2,1H3,(H2,17,21,22)(H,18,19,20). The summed E-state index contributed by atoms with van der Waals surface area (Å²) >= 11 is 2.65. The highest BCUT2D eigenvalue weighted by atomic mass is 32.2. The third-order valence-corrected chi connectivity index (χ3v) is 6.18. The van der Waals surface area contributed by atoms with Crippen molar-refractivity contribution >= 4 is 54.4 Å². The van der Waals surface area contributed by atoms with Gasteiger partial charge in [0.05, 0.1) is 20.9 Å². The quantitative estimate of drug-likeness (QED) is 0.649. The number of rotatable bonds is 5. The Labute approximate surface area is 153 Å². The number of amides is 1. The number of nitrogens with one attached hydrogen (secondary N) is 1. The largest absolute Gasteiger partial charge is 0.301 e. The Hall–Kier alpha value is -1.94. The van der Waals surface area contributed by atoms with Crippen LogP contribution in [0, 0.1) is 6.92 Å². The average Bonchev–Trinajstić information content (AvgIpc) is 2.94. The second kappa shape index (κ2) is 7.12. The number of anilines is 1. The zero-order valence-electron chi connectivity index (χ0n) is 13.2. The number of aromatic nitrogens is 1. The van der Waals surface area contributed by atoms with E-state index in [0.29, 0.717) is 15.3 Å². The van der Waals surface area contributed by atoms with Crippen LogP contribution in [0.3, 0.4) is 0 Å². The lowest BCUT2D eigenvalue weighted by atomic mass is 10.2. The van der Waals surface area contributed by atoms with Crippen molar-refractivity contribution in [2.45, 2.75) is 16.7 Å². The molecular formula is C16H15N3O3S3. The molecule has 3 N–H and O–H groups in total. The summed E-state index contributed by atoms with van der Waals surface area (Å²) in [6, 6.07) is 12.4. The fraction of sp³-hybridized carbons (Fsp3) is 0.125. The first-order chi connectivity index (χ1) is 11.8. The molecule has 0 bridgehead atoms. The number of hydrogen-bond donors (Lipinski definition) is 2. The molecule has 0 saturated heterocycles. The van der Waals surface area contributed by atoms with Gasteiger partial charge >= 0.3 is 0 Å².